The minimum atomic E-state index is -3.60. The normalized spacial score (nSPS) is 11.5. The molecule has 8 heteroatoms. The number of aryl methyl sites for hydroxylation is 1. The largest absolute Gasteiger partial charge is 0.262 e. The zero-order valence-corrected chi connectivity index (χ0v) is 12.4. The van der Waals surface area contributed by atoms with Gasteiger partial charge in [-0.05, 0) is 28.9 Å². The van der Waals surface area contributed by atoms with Crippen LogP contribution in [0.1, 0.15) is 11.4 Å². The van der Waals surface area contributed by atoms with Crippen LogP contribution >= 0.6 is 15.9 Å². The van der Waals surface area contributed by atoms with Crippen molar-refractivity contribution in [3.63, 3.8) is 0 Å². The van der Waals surface area contributed by atoms with Crippen molar-refractivity contribution in [2.24, 2.45) is 0 Å². The van der Waals surface area contributed by atoms with Crippen LogP contribution in [0, 0.1) is 6.92 Å². The highest BCUT2D eigenvalue weighted by Crippen LogP contribution is 2.14. The molecule has 1 N–H and O–H groups in total. The van der Waals surface area contributed by atoms with Crippen LogP contribution in [-0.4, -0.2) is 23.4 Å². The number of pyridine rings is 1. The zero-order chi connectivity index (χ0) is 13.9. The molecule has 2 heterocycles. The average molecular weight is 343 g/mol. The number of sulfonamides is 1. The first kappa shape index (κ1) is 14.0. The highest BCUT2D eigenvalue weighted by Gasteiger charge is 2.14. The first-order valence-electron chi connectivity index (χ1n) is 5.35. The van der Waals surface area contributed by atoms with Crippen molar-refractivity contribution in [3.05, 3.63) is 46.7 Å². The highest BCUT2D eigenvalue weighted by molar-refractivity contribution is 9.10. The summed E-state index contributed by atoms with van der Waals surface area (Å²) in [4.78, 5) is 12.0. The molecule has 0 unspecified atom stereocenters. The van der Waals surface area contributed by atoms with Crippen molar-refractivity contribution in [1.82, 2.24) is 19.7 Å². The Hall–Kier alpha value is -1.38. The fourth-order valence-electron chi connectivity index (χ4n) is 1.30. The third-order valence-corrected chi connectivity index (χ3v) is 4.07. The van der Waals surface area contributed by atoms with Gasteiger partial charge in [0.25, 0.3) is 0 Å². The average Bonchev–Trinajstić information content (AvgIpc) is 2.38. The Morgan fingerprint density at radius 3 is 2.63 bits per heavy atom. The van der Waals surface area contributed by atoms with E-state index in [9.17, 15) is 8.42 Å². The molecule has 0 aromatic carbocycles. The van der Waals surface area contributed by atoms with E-state index < -0.39 is 10.0 Å². The summed E-state index contributed by atoms with van der Waals surface area (Å²) in [5.74, 6) is 0. The van der Waals surface area contributed by atoms with Crippen molar-refractivity contribution in [1.29, 1.82) is 0 Å². The lowest BCUT2D eigenvalue weighted by molar-refractivity contribution is 0.579. The molecular formula is C11H11BrN4O2S. The van der Waals surface area contributed by atoms with E-state index in [0.717, 1.165) is 5.69 Å². The molecule has 0 saturated heterocycles. The lowest BCUT2D eigenvalue weighted by Crippen LogP contribution is -2.24. The van der Waals surface area contributed by atoms with Crippen LogP contribution in [0.2, 0.25) is 0 Å². The topological polar surface area (TPSA) is 84.8 Å². The number of aromatic nitrogens is 3. The quantitative estimate of drug-likeness (QED) is 0.908. The molecule has 0 bridgehead atoms. The van der Waals surface area contributed by atoms with Gasteiger partial charge in [-0.2, -0.15) is 0 Å². The molecule has 0 atom stereocenters. The number of nitrogens with zero attached hydrogens (tertiary/aromatic N) is 3. The van der Waals surface area contributed by atoms with Crippen molar-refractivity contribution in [3.8, 4) is 0 Å². The summed E-state index contributed by atoms with van der Waals surface area (Å²) in [6.45, 7) is 1.90. The second-order valence-corrected chi connectivity index (χ2v) is 6.50. The molecule has 6 nitrogen and oxygen atoms in total. The minimum Gasteiger partial charge on any atom is -0.262 e. The molecule has 0 aliphatic heterocycles. The van der Waals surface area contributed by atoms with Crippen molar-refractivity contribution in [2.75, 3.05) is 0 Å². The summed E-state index contributed by atoms with van der Waals surface area (Å²) in [6.07, 6.45) is 5.93. The van der Waals surface area contributed by atoms with E-state index in [-0.39, 0.29) is 11.4 Å². The van der Waals surface area contributed by atoms with Gasteiger partial charge in [0.1, 0.15) is 4.90 Å². The lowest BCUT2D eigenvalue weighted by atomic mass is 10.4. The number of hydrogen-bond donors (Lipinski definition) is 1. The van der Waals surface area contributed by atoms with E-state index in [1.54, 1.807) is 6.20 Å². The molecule has 2 rings (SSSR count). The molecule has 0 saturated carbocycles. The predicted molar refractivity (Wildman–Crippen MR) is 72.7 cm³/mol. The van der Waals surface area contributed by atoms with Crippen LogP contribution in [0.3, 0.4) is 0 Å². The predicted octanol–water partition coefficient (Wildman–Crippen LogP) is 1.42. The van der Waals surface area contributed by atoms with Gasteiger partial charge in [0.2, 0.25) is 10.0 Å². The standard InChI is InChI=1S/C11H11BrN4O2S/c1-8-3-15-10(5-14-8)6-16-19(17,18)11-2-9(12)4-13-7-11/h2-5,7,16H,6H2,1H3. The molecule has 19 heavy (non-hydrogen) atoms. The first-order valence-corrected chi connectivity index (χ1v) is 7.63. The van der Waals surface area contributed by atoms with Gasteiger partial charge in [-0.15, -0.1) is 0 Å². The minimum absolute atomic E-state index is 0.0854. The fourth-order valence-corrected chi connectivity index (χ4v) is 2.80. The van der Waals surface area contributed by atoms with Crippen molar-refractivity contribution in [2.45, 2.75) is 18.4 Å². The van der Waals surface area contributed by atoms with Gasteiger partial charge >= 0.3 is 0 Å². The maximum Gasteiger partial charge on any atom is 0.242 e. The van der Waals surface area contributed by atoms with E-state index in [1.807, 2.05) is 6.92 Å². The van der Waals surface area contributed by atoms with Crippen LogP contribution in [0.5, 0.6) is 0 Å². The Kier molecular flexibility index (Phi) is 4.23. The zero-order valence-electron chi connectivity index (χ0n) is 10.0. The Morgan fingerprint density at radius 1 is 1.21 bits per heavy atom. The SMILES string of the molecule is Cc1cnc(CNS(=O)(=O)c2cncc(Br)c2)cn1. The van der Waals surface area contributed by atoms with Gasteiger partial charge in [0.05, 0.1) is 24.1 Å². The Morgan fingerprint density at radius 2 is 2.00 bits per heavy atom. The second-order valence-electron chi connectivity index (χ2n) is 3.81. The molecule has 0 aliphatic carbocycles. The number of hydrogen-bond acceptors (Lipinski definition) is 5. The van der Waals surface area contributed by atoms with Crippen LogP contribution in [-0.2, 0) is 16.6 Å². The summed E-state index contributed by atoms with van der Waals surface area (Å²) in [6, 6.07) is 1.48. The molecule has 2 aromatic rings. The van der Waals surface area contributed by atoms with Crippen LogP contribution < -0.4 is 4.72 Å². The van der Waals surface area contributed by atoms with E-state index in [2.05, 4.69) is 35.6 Å². The molecule has 0 fully saturated rings. The van der Waals surface area contributed by atoms with Gasteiger partial charge in [0.15, 0.2) is 0 Å². The molecule has 2 aromatic heterocycles. The van der Waals surface area contributed by atoms with E-state index >= 15 is 0 Å². The van der Waals surface area contributed by atoms with Gasteiger partial charge in [-0.25, -0.2) is 13.1 Å². The van der Waals surface area contributed by atoms with Crippen LogP contribution in [0.25, 0.3) is 0 Å². The van der Waals surface area contributed by atoms with Gasteiger partial charge < -0.3 is 0 Å². The highest BCUT2D eigenvalue weighted by atomic mass is 79.9. The van der Waals surface area contributed by atoms with E-state index in [1.165, 1.54) is 24.7 Å². The van der Waals surface area contributed by atoms with Gasteiger partial charge in [-0.1, -0.05) is 0 Å². The van der Waals surface area contributed by atoms with Gasteiger partial charge in [0, 0.05) is 23.1 Å². The molecular weight excluding hydrogens is 332 g/mol. The maximum absolute atomic E-state index is 12.0. The summed E-state index contributed by atoms with van der Waals surface area (Å²) in [7, 11) is -3.60. The smallest absolute Gasteiger partial charge is 0.242 e. The van der Waals surface area contributed by atoms with E-state index in [4.69, 9.17) is 0 Å². The first-order chi connectivity index (χ1) is 8.97. The Labute approximate surface area is 119 Å². The van der Waals surface area contributed by atoms with Crippen molar-refractivity contribution < 1.29 is 8.42 Å². The monoisotopic (exact) mass is 342 g/mol. The Balaban J connectivity index is 2.12. The summed E-state index contributed by atoms with van der Waals surface area (Å²) in [5, 5.41) is 0. The van der Waals surface area contributed by atoms with E-state index in [0.29, 0.717) is 10.2 Å². The summed E-state index contributed by atoms with van der Waals surface area (Å²) in [5.41, 5.74) is 1.33. The molecule has 0 aliphatic rings. The summed E-state index contributed by atoms with van der Waals surface area (Å²) >= 11 is 3.18. The fraction of sp³-hybridized carbons (Fsp3) is 0.182. The molecule has 0 spiro atoms. The summed E-state index contributed by atoms with van der Waals surface area (Å²) < 4.78 is 27.1. The number of rotatable bonds is 4. The number of nitrogens with one attached hydrogen (secondary N) is 1. The van der Waals surface area contributed by atoms with Crippen LogP contribution in [0.4, 0.5) is 0 Å². The van der Waals surface area contributed by atoms with Gasteiger partial charge in [-0.3, -0.25) is 15.0 Å². The van der Waals surface area contributed by atoms with Crippen molar-refractivity contribution >= 4 is 26.0 Å². The molecule has 0 radical (unpaired) electrons. The molecule has 100 valence electrons. The Bertz CT molecular complexity index is 673. The third-order valence-electron chi connectivity index (χ3n) is 2.27. The van der Waals surface area contributed by atoms with Crippen LogP contribution in [0.15, 0.2) is 40.2 Å². The number of halogens is 1. The lowest BCUT2D eigenvalue weighted by Gasteiger charge is -2.06. The second kappa shape index (κ2) is 5.72. The molecule has 0 amide bonds. The third kappa shape index (κ3) is 3.79. The maximum atomic E-state index is 12.0.